The highest BCUT2D eigenvalue weighted by molar-refractivity contribution is 6.07. The van der Waals surface area contributed by atoms with Crippen LogP contribution in [0.25, 0.3) is 0 Å². The number of ether oxygens (including phenoxy) is 1. The molecule has 0 aromatic heterocycles. The zero-order valence-corrected chi connectivity index (χ0v) is 13.5. The number of carbonyl (C=O) groups excluding carboxylic acids is 2. The quantitative estimate of drug-likeness (QED) is 0.618. The summed E-state index contributed by atoms with van der Waals surface area (Å²) < 4.78 is 5.44. The molecule has 0 radical (unpaired) electrons. The van der Waals surface area contributed by atoms with Gasteiger partial charge in [-0.05, 0) is 57.5 Å². The first-order chi connectivity index (χ1) is 11.3. The summed E-state index contributed by atoms with van der Waals surface area (Å²) in [6.45, 7) is 3.84. The lowest BCUT2D eigenvalue weighted by molar-refractivity contribution is -0.130. The van der Waals surface area contributed by atoms with E-state index in [1.54, 1.807) is 18.2 Å². The number of hydrogen-bond donors (Lipinski definition) is 0. The lowest BCUT2D eigenvalue weighted by Crippen LogP contribution is -2.39. The van der Waals surface area contributed by atoms with Gasteiger partial charge in [0.1, 0.15) is 5.75 Å². The van der Waals surface area contributed by atoms with Crippen molar-refractivity contribution < 1.29 is 14.3 Å². The van der Waals surface area contributed by atoms with Crippen LogP contribution in [0.1, 0.15) is 42.5 Å². The SMILES string of the molecule is O=C1COc2ccccc2C(=O)N1CCCCN1CCCCC1. The minimum Gasteiger partial charge on any atom is -0.483 e. The van der Waals surface area contributed by atoms with Crippen molar-refractivity contribution in [3.05, 3.63) is 29.8 Å². The maximum atomic E-state index is 12.6. The Morgan fingerprint density at radius 1 is 0.957 bits per heavy atom. The third kappa shape index (κ3) is 3.91. The molecule has 0 spiro atoms. The second kappa shape index (κ2) is 7.59. The van der Waals surface area contributed by atoms with Crippen LogP contribution in [0.5, 0.6) is 5.75 Å². The zero-order chi connectivity index (χ0) is 16.1. The summed E-state index contributed by atoms with van der Waals surface area (Å²) in [7, 11) is 0. The Balaban J connectivity index is 1.54. The number of piperidine rings is 1. The molecular weight excluding hydrogens is 292 g/mol. The number of benzene rings is 1. The molecule has 1 aromatic rings. The van der Waals surface area contributed by atoms with E-state index in [4.69, 9.17) is 4.74 Å². The molecule has 1 fully saturated rings. The Kier molecular flexibility index (Phi) is 5.28. The predicted molar refractivity (Wildman–Crippen MR) is 87.5 cm³/mol. The second-order valence-corrected chi connectivity index (χ2v) is 6.24. The molecule has 0 atom stereocenters. The van der Waals surface area contributed by atoms with Gasteiger partial charge in [-0.2, -0.15) is 0 Å². The maximum absolute atomic E-state index is 12.6. The molecule has 2 aliphatic rings. The van der Waals surface area contributed by atoms with Gasteiger partial charge >= 0.3 is 0 Å². The van der Waals surface area contributed by atoms with Gasteiger partial charge in [-0.25, -0.2) is 0 Å². The van der Waals surface area contributed by atoms with Crippen LogP contribution in [0.4, 0.5) is 0 Å². The molecule has 0 saturated carbocycles. The van der Waals surface area contributed by atoms with E-state index in [1.165, 1.54) is 37.3 Å². The Bertz CT molecular complexity index is 567. The predicted octanol–water partition coefficient (Wildman–Crippen LogP) is 2.31. The van der Waals surface area contributed by atoms with Gasteiger partial charge in [-0.1, -0.05) is 18.6 Å². The van der Waals surface area contributed by atoms with Crippen LogP contribution >= 0.6 is 0 Å². The Labute approximate surface area is 137 Å². The minimum atomic E-state index is -0.246. The van der Waals surface area contributed by atoms with E-state index in [-0.39, 0.29) is 18.4 Å². The summed E-state index contributed by atoms with van der Waals surface area (Å²) in [4.78, 5) is 28.5. The Morgan fingerprint density at radius 3 is 2.52 bits per heavy atom. The van der Waals surface area contributed by atoms with Crippen molar-refractivity contribution in [3.63, 3.8) is 0 Å². The smallest absolute Gasteiger partial charge is 0.267 e. The molecular formula is C18H24N2O3. The van der Waals surface area contributed by atoms with Crippen molar-refractivity contribution in [2.75, 3.05) is 32.8 Å². The van der Waals surface area contributed by atoms with E-state index in [0.29, 0.717) is 17.9 Å². The van der Waals surface area contributed by atoms with Gasteiger partial charge in [0.25, 0.3) is 11.8 Å². The number of likely N-dealkylation sites (tertiary alicyclic amines) is 1. The molecule has 5 heteroatoms. The fourth-order valence-electron chi connectivity index (χ4n) is 3.26. The molecule has 124 valence electrons. The van der Waals surface area contributed by atoms with Gasteiger partial charge < -0.3 is 9.64 Å². The van der Waals surface area contributed by atoms with Crippen LogP contribution in [-0.4, -0.2) is 54.4 Å². The zero-order valence-electron chi connectivity index (χ0n) is 13.5. The van der Waals surface area contributed by atoms with E-state index in [1.807, 2.05) is 6.07 Å². The molecule has 5 nitrogen and oxygen atoms in total. The fourth-order valence-corrected chi connectivity index (χ4v) is 3.26. The fraction of sp³-hybridized carbons (Fsp3) is 0.556. The molecule has 3 rings (SSSR count). The summed E-state index contributed by atoms with van der Waals surface area (Å²) in [5.74, 6) is 0.0203. The first-order valence-corrected chi connectivity index (χ1v) is 8.54. The molecule has 0 bridgehead atoms. The summed E-state index contributed by atoms with van der Waals surface area (Å²) in [5, 5.41) is 0. The molecule has 0 unspecified atom stereocenters. The van der Waals surface area contributed by atoms with E-state index in [9.17, 15) is 9.59 Å². The molecule has 2 heterocycles. The van der Waals surface area contributed by atoms with Crippen LogP contribution in [0, 0.1) is 0 Å². The molecule has 1 saturated heterocycles. The second-order valence-electron chi connectivity index (χ2n) is 6.24. The van der Waals surface area contributed by atoms with E-state index < -0.39 is 0 Å². The van der Waals surface area contributed by atoms with Crippen molar-refractivity contribution in [2.45, 2.75) is 32.1 Å². The first-order valence-electron chi connectivity index (χ1n) is 8.54. The largest absolute Gasteiger partial charge is 0.483 e. The lowest BCUT2D eigenvalue weighted by Gasteiger charge is -2.26. The van der Waals surface area contributed by atoms with Crippen molar-refractivity contribution in [3.8, 4) is 5.75 Å². The number of hydrogen-bond acceptors (Lipinski definition) is 4. The van der Waals surface area contributed by atoms with Crippen LogP contribution in [0.3, 0.4) is 0 Å². The third-order valence-corrected chi connectivity index (χ3v) is 4.57. The topological polar surface area (TPSA) is 49.9 Å². The number of amides is 2. The first kappa shape index (κ1) is 16.0. The Hall–Kier alpha value is -1.88. The number of nitrogens with zero attached hydrogens (tertiary/aromatic N) is 2. The van der Waals surface area contributed by atoms with Gasteiger partial charge in [0.15, 0.2) is 6.61 Å². The monoisotopic (exact) mass is 316 g/mol. The van der Waals surface area contributed by atoms with Gasteiger partial charge in [0.05, 0.1) is 5.56 Å². The third-order valence-electron chi connectivity index (χ3n) is 4.57. The normalized spacial score (nSPS) is 19.2. The number of para-hydroxylation sites is 1. The highest BCUT2D eigenvalue weighted by Crippen LogP contribution is 2.23. The summed E-state index contributed by atoms with van der Waals surface area (Å²) in [6.07, 6.45) is 5.77. The van der Waals surface area contributed by atoms with Crippen molar-refractivity contribution in [1.82, 2.24) is 9.80 Å². The van der Waals surface area contributed by atoms with Crippen LogP contribution < -0.4 is 4.74 Å². The Morgan fingerprint density at radius 2 is 1.70 bits per heavy atom. The molecule has 23 heavy (non-hydrogen) atoms. The average molecular weight is 316 g/mol. The number of fused-ring (bicyclic) bond motifs is 1. The molecule has 2 aliphatic heterocycles. The lowest BCUT2D eigenvalue weighted by atomic mass is 10.1. The average Bonchev–Trinajstić information content (AvgIpc) is 2.71. The van der Waals surface area contributed by atoms with Crippen molar-refractivity contribution in [1.29, 1.82) is 0 Å². The van der Waals surface area contributed by atoms with Gasteiger partial charge in [0.2, 0.25) is 0 Å². The molecule has 1 aromatic carbocycles. The summed E-state index contributed by atoms with van der Waals surface area (Å²) in [6, 6.07) is 7.06. The number of rotatable bonds is 5. The molecule has 0 aliphatic carbocycles. The van der Waals surface area contributed by atoms with Gasteiger partial charge in [0, 0.05) is 6.54 Å². The van der Waals surface area contributed by atoms with Crippen LogP contribution in [0.15, 0.2) is 24.3 Å². The highest BCUT2D eigenvalue weighted by Gasteiger charge is 2.28. The van der Waals surface area contributed by atoms with E-state index >= 15 is 0 Å². The van der Waals surface area contributed by atoms with Gasteiger partial charge in [-0.3, -0.25) is 14.5 Å². The van der Waals surface area contributed by atoms with Crippen LogP contribution in [-0.2, 0) is 4.79 Å². The summed E-state index contributed by atoms with van der Waals surface area (Å²) >= 11 is 0. The van der Waals surface area contributed by atoms with Crippen molar-refractivity contribution in [2.24, 2.45) is 0 Å². The molecule has 0 N–H and O–H groups in total. The number of unbranched alkanes of at least 4 members (excludes halogenated alkanes) is 1. The standard InChI is InChI=1S/C18H24N2O3/c21-17-14-23-16-9-3-2-8-15(16)18(22)20(17)13-7-6-12-19-10-4-1-5-11-19/h2-3,8-9H,1,4-7,10-14H2. The highest BCUT2D eigenvalue weighted by atomic mass is 16.5. The number of imide groups is 1. The van der Waals surface area contributed by atoms with E-state index in [2.05, 4.69) is 4.90 Å². The van der Waals surface area contributed by atoms with Crippen molar-refractivity contribution >= 4 is 11.8 Å². The summed E-state index contributed by atoms with van der Waals surface area (Å²) in [5.41, 5.74) is 0.481. The van der Waals surface area contributed by atoms with Gasteiger partial charge in [-0.15, -0.1) is 0 Å². The maximum Gasteiger partial charge on any atom is 0.267 e. The number of carbonyl (C=O) groups is 2. The van der Waals surface area contributed by atoms with E-state index in [0.717, 1.165) is 19.4 Å². The van der Waals surface area contributed by atoms with Crippen LogP contribution in [0.2, 0.25) is 0 Å². The molecule has 2 amide bonds. The minimum absolute atomic E-state index is 0.0606.